The Morgan fingerprint density at radius 3 is 2.30 bits per heavy atom. The van der Waals surface area contributed by atoms with Gasteiger partial charge in [-0.3, -0.25) is 44.0 Å². The van der Waals surface area contributed by atoms with Crippen LogP contribution in [0.25, 0.3) is 10.9 Å². The summed E-state index contributed by atoms with van der Waals surface area (Å²) < 4.78 is 65.8. The van der Waals surface area contributed by atoms with Crippen LogP contribution in [0.5, 0.6) is 23.0 Å². The van der Waals surface area contributed by atoms with Gasteiger partial charge in [-0.2, -0.15) is 10.4 Å². The molecule has 0 bridgehead atoms. The van der Waals surface area contributed by atoms with E-state index < -0.39 is 36.3 Å². The van der Waals surface area contributed by atoms with Gasteiger partial charge in [0.25, 0.3) is 17.7 Å². The Bertz CT molecular complexity index is 2750. The number of carbonyl (C=O) groups is 4. The quantitative estimate of drug-likeness (QED) is 0.132. The van der Waals surface area contributed by atoms with E-state index in [9.17, 15) is 19.2 Å². The van der Waals surface area contributed by atoms with Crippen LogP contribution in [-0.4, -0.2) is 120 Å². The summed E-state index contributed by atoms with van der Waals surface area (Å²) >= 11 is 0. The summed E-state index contributed by atoms with van der Waals surface area (Å²) in [6.07, 6.45) is 0.368. The number of carbonyl (C=O) groups excluding carboxylic acids is 4. The maximum absolute atomic E-state index is 16.0. The summed E-state index contributed by atoms with van der Waals surface area (Å²) in [5.74, 6) is -3.24. The second kappa shape index (κ2) is 19.4. The Morgan fingerprint density at radius 2 is 1.61 bits per heavy atom. The third-order valence-corrected chi connectivity index (χ3v) is 12.3. The molecule has 5 aromatic rings. The molecule has 3 saturated heterocycles. The van der Waals surface area contributed by atoms with E-state index >= 15 is 13.2 Å². The molecule has 1 unspecified atom stereocenters. The van der Waals surface area contributed by atoms with E-state index in [1.54, 1.807) is 79.7 Å². The number of ether oxygens (including phenoxy) is 3. The van der Waals surface area contributed by atoms with Crippen molar-refractivity contribution >= 4 is 46.2 Å². The monoisotopic (exact) mass is 921 g/mol. The van der Waals surface area contributed by atoms with E-state index in [-0.39, 0.29) is 49.3 Å². The zero-order valence-corrected chi connectivity index (χ0v) is 37.6. The highest BCUT2D eigenvalue weighted by Crippen LogP contribution is 2.38. The standard InChI is InChI=1S/C46H47F3N8O7.C2H3N/c1-4-63-38-22-29(10-13-36(38)62-3)26-57-43(59)31-6-5-7-34(41(31)44(57)60)54-18-20-55(21-19-54)39-14-16-53(27-46(39,48)49)25-28-8-11-30(12-9-28)64-37-24-35-32(23-33(37)47)42(51-52(35)2)56-17-15-40(58)50-45(56)61;1-2-3/h5-13,22-24,39H,4,14-21,25-27H2,1-3H3,(H,50,58,61);1H3. The van der Waals surface area contributed by atoms with Gasteiger partial charge in [0.05, 0.1) is 61.2 Å². The van der Waals surface area contributed by atoms with Gasteiger partial charge < -0.3 is 19.1 Å². The number of benzene rings is 4. The van der Waals surface area contributed by atoms with Gasteiger partial charge in [0.2, 0.25) is 5.91 Å². The van der Waals surface area contributed by atoms with Crippen molar-refractivity contribution in [2.75, 3.05) is 69.3 Å². The Balaban J connectivity index is 0.00000198. The predicted octanol–water partition coefficient (Wildman–Crippen LogP) is 6.72. The van der Waals surface area contributed by atoms with Gasteiger partial charge in [-0.1, -0.05) is 24.3 Å². The molecule has 1 atom stereocenters. The molecule has 0 aliphatic carbocycles. The summed E-state index contributed by atoms with van der Waals surface area (Å²) in [6, 6.07) is 20.3. The van der Waals surface area contributed by atoms with Gasteiger partial charge in [0.15, 0.2) is 28.9 Å². The first-order chi connectivity index (χ1) is 32.2. The molecule has 67 heavy (non-hydrogen) atoms. The Hall–Kier alpha value is -7.17. The fourth-order valence-corrected chi connectivity index (χ4v) is 9.18. The van der Waals surface area contributed by atoms with Crippen molar-refractivity contribution in [3.8, 4) is 29.1 Å². The first-order valence-electron chi connectivity index (χ1n) is 22.0. The van der Waals surface area contributed by atoms with Crippen LogP contribution in [0.15, 0.2) is 72.8 Å². The van der Waals surface area contributed by atoms with Crippen molar-refractivity contribution in [2.45, 2.75) is 51.7 Å². The number of alkyl halides is 2. The number of imide groups is 2. The first kappa shape index (κ1) is 46.4. The minimum Gasteiger partial charge on any atom is -0.493 e. The number of rotatable bonds is 12. The fourth-order valence-electron chi connectivity index (χ4n) is 9.18. The van der Waals surface area contributed by atoms with Crippen molar-refractivity contribution < 1.29 is 46.6 Å². The van der Waals surface area contributed by atoms with Crippen molar-refractivity contribution in [3.63, 3.8) is 0 Å². The van der Waals surface area contributed by atoms with Crippen LogP contribution < -0.4 is 29.3 Å². The number of amides is 5. The normalized spacial score (nSPS) is 18.6. The van der Waals surface area contributed by atoms with Crippen LogP contribution >= 0.6 is 0 Å². The number of piperidine rings is 1. The van der Waals surface area contributed by atoms with Gasteiger partial charge >= 0.3 is 6.03 Å². The van der Waals surface area contributed by atoms with Crippen LogP contribution in [0, 0.1) is 17.1 Å². The average molecular weight is 922 g/mol. The lowest BCUT2D eigenvalue weighted by Crippen LogP contribution is -2.61. The SMILES string of the molecule is CC#N.CCOc1cc(CN2C(=O)c3cccc(N4CCN(C5CCN(Cc6ccc(Oc7cc8c(cc7F)c(N7CCC(=O)NC7=O)nn8C)cc6)CC5(F)F)CC4)c3C2=O)ccc1OC. The highest BCUT2D eigenvalue weighted by Gasteiger charge is 2.48. The fraction of sp³-hybridized carbons (Fsp3) is 0.375. The van der Waals surface area contributed by atoms with Gasteiger partial charge in [-0.05, 0) is 66.9 Å². The third kappa shape index (κ3) is 9.45. The van der Waals surface area contributed by atoms with Gasteiger partial charge in [-0.25, -0.2) is 18.0 Å². The van der Waals surface area contributed by atoms with E-state index in [2.05, 4.69) is 10.4 Å². The summed E-state index contributed by atoms with van der Waals surface area (Å²) in [6.45, 7) is 5.80. The molecule has 350 valence electrons. The molecule has 3 fully saturated rings. The Labute approximate surface area is 384 Å². The molecule has 5 heterocycles. The first-order valence-corrected chi connectivity index (χ1v) is 22.0. The highest BCUT2D eigenvalue weighted by molar-refractivity contribution is 6.23. The molecule has 4 aromatic carbocycles. The van der Waals surface area contributed by atoms with Crippen molar-refractivity contribution in [1.29, 1.82) is 5.26 Å². The molecule has 5 amide bonds. The number of nitrogens with zero attached hydrogens (tertiary/aromatic N) is 8. The largest absolute Gasteiger partial charge is 0.493 e. The highest BCUT2D eigenvalue weighted by atomic mass is 19.3. The number of nitrogens with one attached hydrogen (secondary N) is 1. The van der Waals surface area contributed by atoms with E-state index in [4.69, 9.17) is 19.5 Å². The molecular formula is C48H50F3N9O7. The molecule has 1 aromatic heterocycles. The number of aromatic nitrogens is 2. The summed E-state index contributed by atoms with van der Waals surface area (Å²) in [4.78, 5) is 59.6. The number of hydrogen-bond acceptors (Lipinski definition) is 12. The van der Waals surface area contributed by atoms with E-state index in [1.165, 1.54) is 33.5 Å². The maximum atomic E-state index is 16.0. The van der Waals surface area contributed by atoms with Crippen molar-refractivity contribution in [3.05, 3.63) is 101 Å². The Morgan fingerprint density at radius 1 is 0.881 bits per heavy atom. The molecule has 9 rings (SSSR count). The number of piperazine rings is 1. The minimum atomic E-state index is -2.99. The number of hydrogen-bond donors (Lipinski definition) is 1. The van der Waals surface area contributed by atoms with Crippen molar-refractivity contribution in [2.24, 2.45) is 7.05 Å². The number of nitriles is 1. The van der Waals surface area contributed by atoms with E-state index in [1.807, 2.05) is 22.8 Å². The van der Waals surface area contributed by atoms with E-state index in [0.717, 1.165) is 5.56 Å². The molecular weight excluding hydrogens is 872 g/mol. The van der Waals surface area contributed by atoms with Gasteiger partial charge in [0.1, 0.15) is 5.75 Å². The number of likely N-dealkylation sites (tertiary alicyclic amines) is 1. The molecule has 4 aliphatic heterocycles. The second-order valence-corrected chi connectivity index (χ2v) is 16.6. The van der Waals surface area contributed by atoms with Gasteiger partial charge in [0, 0.05) is 77.7 Å². The van der Waals surface area contributed by atoms with Crippen LogP contribution in [0.3, 0.4) is 0 Å². The zero-order chi connectivity index (χ0) is 47.6. The summed E-state index contributed by atoms with van der Waals surface area (Å²) in [7, 11) is 3.20. The Kier molecular flexibility index (Phi) is 13.4. The topological polar surface area (TPSA) is 166 Å². The lowest BCUT2D eigenvalue weighted by molar-refractivity contribution is -0.129. The molecule has 0 saturated carbocycles. The number of urea groups is 1. The second-order valence-electron chi connectivity index (χ2n) is 16.6. The lowest BCUT2D eigenvalue weighted by Gasteiger charge is -2.46. The number of anilines is 2. The van der Waals surface area contributed by atoms with E-state index in [0.29, 0.717) is 96.4 Å². The van der Waals surface area contributed by atoms with Crippen LogP contribution in [-0.2, 0) is 24.9 Å². The van der Waals surface area contributed by atoms with Crippen LogP contribution in [0.1, 0.15) is 58.5 Å². The molecule has 0 spiro atoms. The minimum absolute atomic E-state index is 0.0559. The summed E-state index contributed by atoms with van der Waals surface area (Å²) in [5, 5.41) is 14.3. The smallest absolute Gasteiger partial charge is 0.329 e. The number of aryl methyl sites for hydroxylation is 1. The van der Waals surface area contributed by atoms with Crippen LogP contribution in [0.2, 0.25) is 0 Å². The lowest BCUT2D eigenvalue weighted by atomic mass is 9.97. The number of methoxy groups -OCH3 is 1. The van der Waals surface area contributed by atoms with Crippen LogP contribution in [0.4, 0.5) is 29.5 Å². The average Bonchev–Trinajstić information content (AvgIpc) is 3.74. The zero-order valence-electron chi connectivity index (χ0n) is 37.6. The molecule has 4 aliphatic rings. The van der Waals surface area contributed by atoms with Crippen molar-refractivity contribution in [1.82, 2.24) is 29.8 Å². The molecule has 1 N–H and O–H groups in total. The third-order valence-electron chi connectivity index (χ3n) is 12.3. The summed E-state index contributed by atoms with van der Waals surface area (Å²) in [5.41, 5.74) is 3.29. The number of fused-ring (bicyclic) bond motifs is 2. The molecule has 0 radical (unpaired) electrons. The molecule has 16 nitrogen and oxygen atoms in total. The van der Waals surface area contributed by atoms with Gasteiger partial charge in [-0.15, -0.1) is 0 Å². The maximum Gasteiger partial charge on any atom is 0.329 e. The molecule has 19 heteroatoms. The number of halogens is 3. The predicted molar refractivity (Wildman–Crippen MR) is 241 cm³/mol.